The molecule has 3 aromatic heterocycles. The third-order valence-electron chi connectivity index (χ3n) is 6.18. The van der Waals surface area contributed by atoms with E-state index in [4.69, 9.17) is 4.74 Å². The van der Waals surface area contributed by atoms with Crippen molar-refractivity contribution < 1.29 is 9.53 Å². The Morgan fingerprint density at radius 1 is 1.32 bits per heavy atom. The predicted molar refractivity (Wildman–Crippen MR) is 112 cm³/mol. The smallest absolute Gasteiger partial charge is 0.306 e. The summed E-state index contributed by atoms with van der Waals surface area (Å²) in [5.74, 6) is 2.24. The van der Waals surface area contributed by atoms with Gasteiger partial charge in [-0.25, -0.2) is 4.98 Å². The van der Waals surface area contributed by atoms with Crippen LogP contribution in [0.5, 0.6) is 0 Å². The number of nitrogens with zero attached hydrogens (tertiary/aromatic N) is 1. The van der Waals surface area contributed by atoms with Crippen molar-refractivity contribution in [2.45, 2.75) is 45.6 Å². The van der Waals surface area contributed by atoms with Crippen LogP contribution in [0.15, 0.2) is 22.3 Å². The second-order valence-electron chi connectivity index (χ2n) is 8.05. The zero-order chi connectivity index (χ0) is 19.3. The van der Waals surface area contributed by atoms with E-state index in [0.29, 0.717) is 34.3 Å². The monoisotopic (exact) mass is 414 g/mol. The van der Waals surface area contributed by atoms with Crippen molar-refractivity contribution >= 4 is 38.9 Å². The predicted octanol–water partition coefficient (Wildman–Crippen LogP) is 4.89. The molecule has 146 valence electrons. The standard InChI is InChI=1S/C21H22N2O3S2/c1-11-2-5-16(28-11)15-10-27-21-19(15)20(25)22-17(23-21)9-26-18(24)8-14-7-12-3-4-13(14)6-12/h2,5,10,12-14H,3-4,6-9H2,1H3,(H,22,23,25)/t12-,13-,14+/m1/s1. The molecule has 2 bridgehead atoms. The fraction of sp³-hybridized carbons (Fsp3) is 0.476. The van der Waals surface area contributed by atoms with Crippen LogP contribution in [0.4, 0.5) is 0 Å². The third-order valence-corrected chi connectivity index (χ3v) is 8.09. The first-order valence-electron chi connectivity index (χ1n) is 9.79. The summed E-state index contributed by atoms with van der Waals surface area (Å²) in [6.45, 7) is 2.07. The molecule has 1 N–H and O–H groups in total. The van der Waals surface area contributed by atoms with Crippen LogP contribution in [0.25, 0.3) is 20.7 Å². The summed E-state index contributed by atoms with van der Waals surface area (Å²) in [5, 5.41) is 2.59. The lowest BCUT2D eigenvalue weighted by Crippen LogP contribution is -2.18. The molecule has 0 saturated heterocycles. The van der Waals surface area contributed by atoms with E-state index in [0.717, 1.165) is 16.4 Å². The molecule has 0 unspecified atom stereocenters. The number of rotatable bonds is 5. The van der Waals surface area contributed by atoms with E-state index < -0.39 is 0 Å². The molecule has 2 aliphatic carbocycles. The van der Waals surface area contributed by atoms with Crippen LogP contribution in [0, 0.1) is 24.7 Å². The van der Waals surface area contributed by atoms with Gasteiger partial charge in [0.05, 0.1) is 5.39 Å². The largest absolute Gasteiger partial charge is 0.458 e. The van der Waals surface area contributed by atoms with Gasteiger partial charge in [-0.2, -0.15) is 0 Å². The summed E-state index contributed by atoms with van der Waals surface area (Å²) in [7, 11) is 0. The number of carbonyl (C=O) groups excluding carboxylic acids is 1. The molecule has 0 aromatic carbocycles. The van der Waals surface area contributed by atoms with Crippen LogP contribution in [0.1, 0.15) is 42.8 Å². The Morgan fingerprint density at radius 2 is 2.21 bits per heavy atom. The molecule has 0 aliphatic heterocycles. The minimum atomic E-state index is -0.179. The quantitative estimate of drug-likeness (QED) is 0.603. The lowest BCUT2D eigenvalue weighted by atomic mass is 9.86. The van der Waals surface area contributed by atoms with E-state index in [9.17, 15) is 9.59 Å². The van der Waals surface area contributed by atoms with Gasteiger partial charge in [0.1, 0.15) is 17.3 Å². The average molecular weight is 415 g/mol. The Kier molecular flexibility index (Phi) is 4.59. The van der Waals surface area contributed by atoms with Gasteiger partial charge in [-0.3, -0.25) is 9.59 Å². The minimum Gasteiger partial charge on any atom is -0.458 e. The van der Waals surface area contributed by atoms with Crippen molar-refractivity contribution in [1.82, 2.24) is 9.97 Å². The highest BCUT2D eigenvalue weighted by atomic mass is 32.1. The average Bonchev–Trinajstić information content (AvgIpc) is 3.43. The number of hydrogen-bond donors (Lipinski definition) is 1. The van der Waals surface area contributed by atoms with Gasteiger partial charge in [0.15, 0.2) is 0 Å². The highest BCUT2D eigenvalue weighted by molar-refractivity contribution is 7.19. The summed E-state index contributed by atoms with van der Waals surface area (Å²) in [6, 6.07) is 4.08. The van der Waals surface area contributed by atoms with E-state index in [1.807, 2.05) is 18.4 Å². The van der Waals surface area contributed by atoms with Crippen molar-refractivity contribution in [3.63, 3.8) is 0 Å². The number of fused-ring (bicyclic) bond motifs is 3. The van der Waals surface area contributed by atoms with Crippen LogP contribution in [0.3, 0.4) is 0 Å². The lowest BCUT2D eigenvalue weighted by molar-refractivity contribution is -0.146. The van der Waals surface area contributed by atoms with Gasteiger partial charge in [0, 0.05) is 27.1 Å². The highest BCUT2D eigenvalue weighted by Crippen LogP contribution is 2.49. The maximum atomic E-state index is 12.6. The first-order chi connectivity index (χ1) is 13.6. The van der Waals surface area contributed by atoms with E-state index >= 15 is 0 Å². The summed E-state index contributed by atoms with van der Waals surface area (Å²) < 4.78 is 5.43. The van der Waals surface area contributed by atoms with E-state index in [-0.39, 0.29) is 18.1 Å². The maximum Gasteiger partial charge on any atom is 0.306 e. The van der Waals surface area contributed by atoms with E-state index in [1.54, 1.807) is 11.3 Å². The number of hydrogen-bond acceptors (Lipinski definition) is 6. The van der Waals surface area contributed by atoms with E-state index in [2.05, 4.69) is 16.0 Å². The number of aromatic amines is 1. The van der Waals surface area contributed by atoms with Crippen molar-refractivity contribution in [2.24, 2.45) is 17.8 Å². The number of esters is 1. The van der Waals surface area contributed by atoms with Crippen LogP contribution < -0.4 is 5.56 Å². The zero-order valence-electron chi connectivity index (χ0n) is 15.7. The van der Waals surface area contributed by atoms with Gasteiger partial charge >= 0.3 is 5.97 Å². The molecule has 0 radical (unpaired) electrons. The fourth-order valence-electron chi connectivity index (χ4n) is 4.87. The van der Waals surface area contributed by atoms with Gasteiger partial charge in [-0.1, -0.05) is 6.42 Å². The Bertz CT molecular complexity index is 1100. The molecule has 3 heterocycles. The normalized spacial score (nSPS) is 23.5. The van der Waals surface area contributed by atoms with Crippen LogP contribution >= 0.6 is 22.7 Å². The van der Waals surface area contributed by atoms with Crippen molar-refractivity contribution in [3.05, 3.63) is 38.6 Å². The van der Waals surface area contributed by atoms with E-state index in [1.165, 1.54) is 41.9 Å². The van der Waals surface area contributed by atoms with Gasteiger partial charge in [-0.15, -0.1) is 22.7 Å². The molecule has 28 heavy (non-hydrogen) atoms. The topological polar surface area (TPSA) is 72.0 Å². The SMILES string of the molecule is Cc1ccc(-c2csc3nc(COC(=O)C[C@@H]4C[C@@H]5CC[C@@H]4C5)[nH]c(=O)c23)s1. The molecule has 7 heteroatoms. The highest BCUT2D eigenvalue weighted by Gasteiger charge is 2.40. The molecule has 5 rings (SSSR count). The lowest BCUT2D eigenvalue weighted by Gasteiger charge is -2.20. The molecule has 2 fully saturated rings. The molecular weight excluding hydrogens is 392 g/mol. The van der Waals surface area contributed by atoms with Crippen molar-refractivity contribution in [1.29, 1.82) is 0 Å². The Morgan fingerprint density at radius 3 is 2.93 bits per heavy atom. The number of nitrogens with one attached hydrogen (secondary N) is 1. The second kappa shape index (κ2) is 7.12. The van der Waals surface area contributed by atoms with Gasteiger partial charge < -0.3 is 9.72 Å². The molecule has 5 nitrogen and oxygen atoms in total. The molecule has 3 aromatic rings. The van der Waals surface area contributed by atoms with Gasteiger partial charge in [0.2, 0.25) is 0 Å². The van der Waals surface area contributed by atoms with Crippen molar-refractivity contribution in [3.8, 4) is 10.4 Å². The molecule has 3 atom stereocenters. The number of carbonyl (C=O) groups is 1. The fourth-order valence-corrected chi connectivity index (χ4v) is 6.79. The Hall–Kier alpha value is -1.99. The number of thiophene rings is 2. The molecular formula is C21H22N2O3S2. The Balaban J connectivity index is 1.29. The van der Waals surface area contributed by atoms with Crippen LogP contribution in [0.2, 0.25) is 0 Å². The second-order valence-corrected chi connectivity index (χ2v) is 10.2. The van der Waals surface area contributed by atoms with Crippen LogP contribution in [-0.4, -0.2) is 15.9 Å². The summed E-state index contributed by atoms with van der Waals surface area (Å²) in [5.41, 5.74) is 0.748. The van der Waals surface area contributed by atoms with Gasteiger partial charge in [-0.05, 0) is 56.1 Å². The van der Waals surface area contributed by atoms with Crippen molar-refractivity contribution in [2.75, 3.05) is 0 Å². The number of aryl methyl sites for hydroxylation is 1. The first kappa shape index (κ1) is 18.1. The first-order valence-corrected chi connectivity index (χ1v) is 11.5. The molecule has 0 amide bonds. The zero-order valence-corrected chi connectivity index (χ0v) is 17.3. The number of H-pyrrole nitrogens is 1. The summed E-state index contributed by atoms with van der Waals surface area (Å²) in [4.78, 5) is 35.2. The third kappa shape index (κ3) is 3.31. The summed E-state index contributed by atoms with van der Waals surface area (Å²) >= 11 is 3.11. The molecule has 0 spiro atoms. The molecule has 2 aliphatic rings. The maximum absolute atomic E-state index is 12.6. The van der Waals surface area contributed by atoms with Crippen LogP contribution in [-0.2, 0) is 16.1 Å². The number of ether oxygens (including phenoxy) is 1. The number of aromatic nitrogens is 2. The minimum absolute atomic E-state index is 0.0240. The molecule has 2 saturated carbocycles. The summed E-state index contributed by atoms with van der Waals surface area (Å²) in [6.07, 6.45) is 5.54. The Labute approximate surface area is 170 Å². The van der Waals surface area contributed by atoms with Gasteiger partial charge in [0.25, 0.3) is 5.56 Å².